The topological polar surface area (TPSA) is 28.4 Å². The van der Waals surface area contributed by atoms with E-state index in [-0.39, 0.29) is 0 Å². The minimum absolute atomic E-state index is 0.530. The summed E-state index contributed by atoms with van der Waals surface area (Å²) in [5, 5.41) is 3.46. The lowest BCUT2D eigenvalue weighted by Gasteiger charge is -2.23. The van der Waals surface area contributed by atoms with Crippen LogP contribution < -0.4 is 5.32 Å². The van der Waals surface area contributed by atoms with Gasteiger partial charge in [-0.05, 0) is 30.2 Å². The molecule has 2 heterocycles. The molecule has 3 rings (SSSR count). The van der Waals surface area contributed by atoms with Gasteiger partial charge in [0.05, 0.1) is 12.8 Å². The van der Waals surface area contributed by atoms with Crippen LogP contribution in [0.4, 0.5) is 0 Å². The van der Waals surface area contributed by atoms with E-state index in [4.69, 9.17) is 4.42 Å². The molecule has 1 aliphatic heterocycles. The smallest absolute Gasteiger partial charge is 0.117 e. The summed E-state index contributed by atoms with van der Waals surface area (Å²) in [6.45, 7) is 6.20. The van der Waals surface area contributed by atoms with Gasteiger partial charge in [0.15, 0.2) is 0 Å². The zero-order valence-electron chi connectivity index (χ0n) is 11.3. The SMILES string of the molecule is CC(CNCc1ccco1)N1Cc2ccccc2C1. The van der Waals surface area contributed by atoms with E-state index >= 15 is 0 Å². The lowest BCUT2D eigenvalue weighted by Crippen LogP contribution is -2.36. The number of rotatable bonds is 5. The lowest BCUT2D eigenvalue weighted by atomic mass is 10.1. The molecule has 1 aromatic heterocycles. The Morgan fingerprint density at radius 1 is 1.16 bits per heavy atom. The maximum absolute atomic E-state index is 5.32. The summed E-state index contributed by atoms with van der Waals surface area (Å²) in [4.78, 5) is 2.51. The Labute approximate surface area is 114 Å². The second-order valence-corrected chi connectivity index (χ2v) is 5.23. The van der Waals surface area contributed by atoms with Gasteiger partial charge in [0.25, 0.3) is 0 Å². The minimum atomic E-state index is 0.530. The van der Waals surface area contributed by atoms with E-state index in [1.165, 1.54) is 11.1 Å². The molecular formula is C16H20N2O. The molecule has 3 heteroatoms. The van der Waals surface area contributed by atoms with Crippen molar-refractivity contribution in [2.75, 3.05) is 6.54 Å². The molecule has 1 unspecified atom stereocenters. The number of nitrogens with zero attached hydrogens (tertiary/aromatic N) is 1. The highest BCUT2D eigenvalue weighted by Gasteiger charge is 2.22. The van der Waals surface area contributed by atoms with E-state index in [0.717, 1.165) is 31.9 Å². The van der Waals surface area contributed by atoms with Crippen molar-refractivity contribution in [1.29, 1.82) is 0 Å². The van der Waals surface area contributed by atoms with Crippen LogP contribution >= 0.6 is 0 Å². The molecule has 19 heavy (non-hydrogen) atoms. The summed E-state index contributed by atoms with van der Waals surface area (Å²) < 4.78 is 5.32. The third-order valence-electron chi connectivity index (χ3n) is 3.81. The van der Waals surface area contributed by atoms with Gasteiger partial charge < -0.3 is 9.73 Å². The number of fused-ring (bicyclic) bond motifs is 1. The number of hydrogen-bond acceptors (Lipinski definition) is 3. The van der Waals surface area contributed by atoms with Crippen molar-refractivity contribution >= 4 is 0 Å². The maximum Gasteiger partial charge on any atom is 0.117 e. The van der Waals surface area contributed by atoms with Crippen LogP contribution in [0.2, 0.25) is 0 Å². The summed E-state index contributed by atoms with van der Waals surface area (Å²) in [6.07, 6.45) is 1.72. The fourth-order valence-corrected chi connectivity index (χ4v) is 2.62. The molecule has 0 amide bonds. The highest BCUT2D eigenvalue weighted by atomic mass is 16.3. The number of benzene rings is 1. The third-order valence-corrected chi connectivity index (χ3v) is 3.81. The fourth-order valence-electron chi connectivity index (χ4n) is 2.62. The first-order valence-electron chi connectivity index (χ1n) is 6.87. The van der Waals surface area contributed by atoms with Gasteiger partial charge in [-0.25, -0.2) is 0 Å². The van der Waals surface area contributed by atoms with Crippen molar-refractivity contribution in [2.45, 2.75) is 32.6 Å². The quantitative estimate of drug-likeness (QED) is 0.891. The molecular weight excluding hydrogens is 236 g/mol. The van der Waals surface area contributed by atoms with Gasteiger partial charge in [-0.15, -0.1) is 0 Å². The van der Waals surface area contributed by atoms with Crippen molar-refractivity contribution in [1.82, 2.24) is 10.2 Å². The molecule has 0 aliphatic carbocycles. The Hall–Kier alpha value is -1.58. The van der Waals surface area contributed by atoms with Crippen LogP contribution in [0.5, 0.6) is 0 Å². The standard InChI is InChI=1S/C16H20N2O/c1-13(9-17-10-16-7-4-8-19-16)18-11-14-5-2-3-6-15(14)12-18/h2-8,13,17H,9-12H2,1H3. The van der Waals surface area contributed by atoms with Crippen LogP contribution in [0, 0.1) is 0 Å². The van der Waals surface area contributed by atoms with Crippen LogP contribution in [-0.2, 0) is 19.6 Å². The first kappa shape index (κ1) is 12.5. The minimum Gasteiger partial charge on any atom is -0.468 e. The molecule has 2 aromatic rings. The summed E-state index contributed by atoms with van der Waals surface area (Å²) in [7, 11) is 0. The monoisotopic (exact) mass is 256 g/mol. The maximum atomic E-state index is 5.32. The van der Waals surface area contributed by atoms with Crippen molar-refractivity contribution < 1.29 is 4.42 Å². The van der Waals surface area contributed by atoms with Crippen LogP contribution in [0.25, 0.3) is 0 Å². The van der Waals surface area contributed by atoms with Crippen LogP contribution in [-0.4, -0.2) is 17.5 Å². The van der Waals surface area contributed by atoms with Crippen molar-refractivity contribution in [3.05, 3.63) is 59.5 Å². The number of furan rings is 1. The van der Waals surface area contributed by atoms with Gasteiger partial charge in [0.2, 0.25) is 0 Å². The molecule has 1 aromatic carbocycles. The summed E-state index contributed by atoms with van der Waals surface area (Å²) in [5.41, 5.74) is 2.95. The third kappa shape index (κ3) is 2.88. The zero-order valence-corrected chi connectivity index (χ0v) is 11.3. The molecule has 0 saturated heterocycles. The number of nitrogens with one attached hydrogen (secondary N) is 1. The largest absolute Gasteiger partial charge is 0.468 e. The van der Waals surface area contributed by atoms with E-state index in [1.54, 1.807) is 6.26 Å². The molecule has 0 spiro atoms. The molecule has 0 saturated carbocycles. The van der Waals surface area contributed by atoms with Crippen molar-refractivity contribution in [2.24, 2.45) is 0 Å². The van der Waals surface area contributed by atoms with Crippen LogP contribution in [0.15, 0.2) is 47.1 Å². The van der Waals surface area contributed by atoms with E-state index < -0.39 is 0 Å². The summed E-state index contributed by atoms with van der Waals surface area (Å²) in [6, 6.07) is 13.2. The van der Waals surface area contributed by atoms with E-state index in [9.17, 15) is 0 Å². The van der Waals surface area contributed by atoms with E-state index in [2.05, 4.69) is 41.4 Å². The Kier molecular flexibility index (Phi) is 3.67. The van der Waals surface area contributed by atoms with Gasteiger partial charge in [-0.3, -0.25) is 4.90 Å². The molecule has 1 aliphatic rings. The normalized spacial score (nSPS) is 16.5. The van der Waals surface area contributed by atoms with Gasteiger partial charge in [-0.2, -0.15) is 0 Å². The second-order valence-electron chi connectivity index (χ2n) is 5.23. The molecule has 1 atom stereocenters. The molecule has 3 nitrogen and oxygen atoms in total. The lowest BCUT2D eigenvalue weighted by molar-refractivity contribution is 0.206. The highest BCUT2D eigenvalue weighted by molar-refractivity contribution is 5.30. The summed E-state index contributed by atoms with van der Waals surface area (Å²) >= 11 is 0. The molecule has 0 fully saturated rings. The molecule has 0 radical (unpaired) electrons. The number of hydrogen-bond donors (Lipinski definition) is 1. The van der Waals surface area contributed by atoms with Gasteiger partial charge in [-0.1, -0.05) is 24.3 Å². The van der Waals surface area contributed by atoms with Crippen molar-refractivity contribution in [3.8, 4) is 0 Å². The van der Waals surface area contributed by atoms with Gasteiger partial charge in [0, 0.05) is 25.7 Å². The molecule has 0 bridgehead atoms. The van der Waals surface area contributed by atoms with Crippen LogP contribution in [0.3, 0.4) is 0 Å². The van der Waals surface area contributed by atoms with E-state index in [0.29, 0.717) is 6.04 Å². The highest BCUT2D eigenvalue weighted by Crippen LogP contribution is 2.23. The Bertz CT molecular complexity index is 496. The Morgan fingerprint density at radius 3 is 2.53 bits per heavy atom. The fraction of sp³-hybridized carbons (Fsp3) is 0.375. The first-order valence-corrected chi connectivity index (χ1v) is 6.87. The Balaban J connectivity index is 1.48. The average Bonchev–Trinajstić information content (AvgIpc) is 3.07. The van der Waals surface area contributed by atoms with Crippen LogP contribution in [0.1, 0.15) is 23.8 Å². The molecule has 1 N–H and O–H groups in total. The predicted octanol–water partition coefficient (Wildman–Crippen LogP) is 2.77. The van der Waals surface area contributed by atoms with E-state index in [1.807, 2.05) is 12.1 Å². The van der Waals surface area contributed by atoms with Crippen molar-refractivity contribution in [3.63, 3.8) is 0 Å². The summed E-state index contributed by atoms with van der Waals surface area (Å²) in [5.74, 6) is 0.997. The Morgan fingerprint density at radius 2 is 1.89 bits per heavy atom. The average molecular weight is 256 g/mol. The van der Waals surface area contributed by atoms with Gasteiger partial charge >= 0.3 is 0 Å². The predicted molar refractivity (Wildman–Crippen MR) is 75.6 cm³/mol. The first-order chi connectivity index (χ1) is 9.33. The second kappa shape index (κ2) is 5.59. The zero-order chi connectivity index (χ0) is 13.1. The molecule has 100 valence electrons. The van der Waals surface area contributed by atoms with Gasteiger partial charge in [0.1, 0.15) is 5.76 Å².